The lowest BCUT2D eigenvalue weighted by Crippen LogP contribution is -2.17. The summed E-state index contributed by atoms with van der Waals surface area (Å²) in [6, 6.07) is 5.54. The van der Waals surface area contributed by atoms with E-state index in [0.717, 1.165) is 16.8 Å². The Morgan fingerprint density at radius 1 is 1.50 bits per heavy atom. The summed E-state index contributed by atoms with van der Waals surface area (Å²) in [4.78, 5) is 11.4. The van der Waals surface area contributed by atoms with E-state index >= 15 is 0 Å². The van der Waals surface area contributed by atoms with Crippen molar-refractivity contribution in [3.05, 3.63) is 29.3 Å². The van der Waals surface area contributed by atoms with Crippen LogP contribution >= 0.6 is 0 Å². The number of amides is 1. The van der Waals surface area contributed by atoms with E-state index in [0.29, 0.717) is 6.42 Å². The van der Waals surface area contributed by atoms with Gasteiger partial charge in [0.05, 0.1) is 6.61 Å². The van der Waals surface area contributed by atoms with Gasteiger partial charge in [-0.25, -0.2) is 0 Å². The molecule has 0 saturated carbocycles. The average Bonchev–Trinajstić information content (AvgIpc) is 2.33. The van der Waals surface area contributed by atoms with Crippen molar-refractivity contribution in [1.82, 2.24) is 0 Å². The number of hydrogen-bond donors (Lipinski definition) is 2. The maximum Gasteiger partial charge on any atom is 0.250 e. The molecule has 1 amide bonds. The Labute approximate surface area is 107 Å². The molecule has 18 heavy (non-hydrogen) atoms. The number of benzene rings is 1. The molecule has 0 aromatic heterocycles. The number of carbonyl (C=O) groups is 1. The van der Waals surface area contributed by atoms with E-state index in [4.69, 9.17) is 9.84 Å². The molecule has 0 saturated heterocycles. The molecule has 0 unspecified atom stereocenters. The first-order chi connectivity index (χ1) is 8.67. The molecule has 4 heteroatoms. The number of aryl methyl sites for hydroxylation is 1. The van der Waals surface area contributed by atoms with Crippen LogP contribution in [-0.2, 0) is 9.53 Å². The van der Waals surface area contributed by atoms with Crippen LogP contribution in [-0.4, -0.2) is 31.3 Å². The molecule has 0 fully saturated rings. The molecular formula is C14H17NO3. The number of anilines is 1. The minimum atomic E-state index is -0.181. The van der Waals surface area contributed by atoms with Crippen LogP contribution in [0.1, 0.15) is 17.5 Å². The van der Waals surface area contributed by atoms with Crippen LogP contribution in [0.2, 0.25) is 0 Å². The molecule has 0 spiro atoms. The van der Waals surface area contributed by atoms with E-state index in [1.165, 1.54) is 7.11 Å². The summed E-state index contributed by atoms with van der Waals surface area (Å²) in [5, 5.41) is 11.4. The number of aliphatic hydroxyl groups is 1. The van der Waals surface area contributed by atoms with Crippen LogP contribution < -0.4 is 5.32 Å². The highest BCUT2D eigenvalue weighted by molar-refractivity contribution is 5.92. The molecule has 0 heterocycles. The van der Waals surface area contributed by atoms with Gasteiger partial charge in [-0.2, -0.15) is 0 Å². The smallest absolute Gasteiger partial charge is 0.250 e. The second-order valence-electron chi connectivity index (χ2n) is 3.79. The Bertz CT molecular complexity index is 472. The molecule has 1 rings (SSSR count). The zero-order valence-corrected chi connectivity index (χ0v) is 10.6. The minimum absolute atomic E-state index is 0.0392. The number of ether oxygens (including phenoxy) is 1. The fourth-order valence-electron chi connectivity index (χ4n) is 1.42. The predicted octanol–water partition coefficient (Wildman–Crippen LogP) is 1.31. The van der Waals surface area contributed by atoms with Crippen molar-refractivity contribution in [1.29, 1.82) is 0 Å². The van der Waals surface area contributed by atoms with Gasteiger partial charge in [0.15, 0.2) is 0 Å². The topological polar surface area (TPSA) is 58.6 Å². The number of nitrogens with one attached hydrogen (secondary N) is 1. The van der Waals surface area contributed by atoms with Crippen LogP contribution in [0.3, 0.4) is 0 Å². The van der Waals surface area contributed by atoms with Crippen molar-refractivity contribution in [2.45, 2.75) is 13.3 Å². The highest BCUT2D eigenvalue weighted by Gasteiger charge is 2.04. The summed E-state index contributed by atoms with van der Waals surface area (Å²) in [6.45, 7) is 2.01. The Morgan fingerprint density at radius 2 is 2.28 bits per heavy atom. The largest absolute Gasteiger partial charge is 0.395 e. The highest BCUT2D eigenvalue weighted by Crippen LogP contribution is 2.15. The molecule has 2 N–H and O–H groups in total. The SMILES string of the molecule is COCC(=O)Nc1ccc(C#CCCO)cc1C. The third-order valence-electron chi connectivity index (χ3n) is 2.25. The second-order valence-corrected chi connectivity index (χ2v) is 3.79. The standard InChI is InChI=1S/C14H17NO3/c1-11-9-12(5-3-4-8-16)6-7-13(11)15-14(17)10-18-2/h6-7,9,16H,4,8,10H2,1-2H3,(H,15,17). The zero-order chi connectivity index (χ0) is 13.4. The van der Waals surface area contributed by atoms with Crippen LogP contribution in [0.15, 0.2) is 18.2 Å². The predicted molar refractivity (Wildman–Crippen MR) is 70.3 cm³/mol. The van der Waals surface area contributed by atoms with Crippen LogP contribution in [0.25, 0.3) is 0 Å². The summed E-state index contributed by atoms with van der Waals surface area (Å²) < 4.78 is 4.75. The highest BCUT2D eigenvalue weighted by atomic mass is 16.5. The molecule has 0 aliphatic rings. The van der Waals surface area contributed by atoms with Crippen molar-refractivity contribution < 1.29 is 14.6 Å². The summed E-state index contributed by atoms with van der Waals surface area (Å²) in [7, 11) is 1.48. The fraction of sp³-hybridized carbons (Fsp3) is 0.357. The normalized spacial score (nSPS) is 9.50. The second kappa shape index (κ2) is 7.49. The van der Waals surface area contributed by atoms with Crippen molar-refractivity contribution >= 4 is 11.6 Å². The van der Waals surface area contributed by atoms with Gasteiger partial charge in [-0.05, 0) is 30.7 Å². The first-order valence-corrected chi connectivity index (χ1v) is 5.66. The minimum Gasteiger partial charge on any atom is -0.395 e. The van der Waals surface area contributed by atoms with Gasteiger partial charge in [-0.1, -0.05) is 11.8 Å². The summed E-state index contributed by atoms with van der Waals surface area (Å²) in [6.07, 6.45) is 0.464. The van der Waals surface area contributed by atoms with Crippen molar-refractivity contribution in [3.63, 3.8) is 0 Å². The molecule has 1 aromatic carbocycles. The summed E-state index contributed by atoms with van der Waals surface area (Å²) >= 11 is 0. The van der Waals surface area contributed by atoms with E-state index in [1.54, 1.807) is 0 Å². The lowest BCUT2D eigenvalue weighted by molar-refractivity contribution is -0.119. The molecule has 0 aliphatic heterocycles. The molecule has 96 valence electrons. The monoisotopic (exact) mass is 247 g/mol. The van der Waals surface area contributed by atoms with Gasteiger partial charge in [-0.15, -0.1) is 0 Å². The van der Waals surface area contributed by atoms with E-state index in [1.807, 2.05) is 25.1 Å². The quantitative estimate of drug-likeness (QED) is 0.789. The molecule has 0 aliphatic carbocycles. The number of aliphatic hydroxyl groups excluding tert-OH is 1. The fourth-order valence-corrected chi connectivity index (χ4v) is 1.42. The molecule has 0 atom stereocenters. The van der Waals surface area contributed by atoms with Crippen LogP contribution in [0.5, 0.6) is 0 Å². The van der Waals surface area contributed by atoms with Gasteiger partial charge < -0.3 is 15.2 Å². The van der Waals surface area contributed by atoms with Gasteiger partial charge in [0.25, 0.3) is 0 Å². The third-order valence-corrected chi connectivity index (χ3v) is 2.25. The average molecular weight is 247 g/mol. The van der Waals surface area contributed by atoms with Crippen molar-refractivity contribution in [2.24, 2.45) is 0 Å². The van der Waals surface area contributed by atoms with Gasteiger partial charge in [0.1, 0.15) is 6.61 Å². The van der Waals surface area contributed by atoms with Gasteiger partial charge in [-0.3, -0.25) is 4.79 Å². The molecule has 0 bridgehead atoms. The van der Waals surface area contributed by atoms with E-state index in [9.17, 15) is 4.79 Å². The van der Waals surface area contributed by atoms with E-state index in [-0.39, 0.29) is 19.1 Å². The lowest BCUT2D eigenvalue weighted by atomic mass is 10.1. The molecule has 0 radical (unpaired) electrons. The van der Waals surface area contributed by atoms with Crippen LogP contribution in [0, 0.1) is 18.8 Å². The van der Waals surface area contributed by atoms with Gasteiger partial charge >= 0.3 is 0 Å². The van der Waals surface area contributed by atoms with Crippen molar-refractivity contribution in [3.8, 4) is 11.8 Å². The Hall–Kier alpha value is -1.83. The maximum atomic E-state index is 11.4. The Balaban J connectivity index is 2.74. The number of rotatable bonds is 4. The van der Waals surface area contributed by atoms with E-state index < -0.39 is 0 Å². The first kappa shape index (κ1) is 14.2. The molecular weight excluding hydrogens is 230 g/mol. The van der Waals surface area contributed by atoms with E-state index in [2.05, 4.69) is 17.2 Å². The first-order valence-electron chi connectivity index (χ1n) is 5.66. The Morgan fingerprint density at radius 3 is 2.89 bits per heavy atom. The number of hydrogen-bond acceptors (Lipinski definition) is 3. The van der Waals surface area contributed by atoms with Gasteiger partial charge in [0, 0.05) is 24.8 Å². The number of carbonyl (C=O) groups excluding carboxylic acids is 1. The summed E-state index contributed by atoms with van der Waals surface area (Å²) in [5.74, 6) is 5.62. The third kappa shape index (κ3) is 4.58. The lowest BCUT2D eigenvalue weighted by Gasteiger charge is -2.08. The Kier molecular flexibility index (Phi) is 5.92. The molecule has 1 aromatic rings. The number of methoxy groups -OCH3 is 1. The molecule has 4 nitrogen and oxygen atoms in total. The maximum absolute atomic E-state index is 11.4. The van der Waals surface area contributed by atoms with Gasteiger partial charge in [0.2, 0.25) is 5.91 Å². The zero-order valence-electron chi connectivity index (χ0n) is 10.6. The summed E-state index contributed by atoms with van der Waals surface area (Å²) in [5.41, 5.74) is 2.56. The van der Waals surface area contributed by atoms with Crippen LogP contribution in [0.4, 0.5) is 5.69 Å². The van der Waals surface area contributed by atoms with Crippen molar-refractivity contribution in [2.75, 3.05) is 25.6 Å².